The van der Waals surface area contributed by atoms with Crippen LogP contribution in [0.15, 0.2) is 60.0 Å². The fourth-order valence-corrected chi connectivity index (χ4v) is 2.03. The zero-order valence-electron chi connectivity index (χ0n) is 11.6. The number of aromatic nitrogens is 2. The van der Waals surface area contributed by atoms with Gasteiger partial charge in [-0.25, -0.2) is 9.66 Å². The molecule has 2 aromatic carbocycles. The third-order valence-corrected chi connectivity index (χ3v) is 3.18. The van der Waals surface area contributed by atoms with Crippen LogP contribution in [-0.4, -0.2) is 30.0 Å². The van der Waals surface area contributed by atoms with Crippen LogP contribution < -0.4 is 4.90 Å². The fourth-order valence-electron chi connectivity index (χ4n) is 2.03. The van der Waals surface area contributed by atoms with E-state index >= 15 is 0 Å². The number of imidazole rings is 1. The van der Waals surface area contributed by atoms with Crippen LogP contribution in [0.4, 0.5) is 5.69 Å². The Balaban J connectivity index is 1.86. The number of benzene rings is 2. The van der Waals surface area contributed by atoms with Gasteiger partial charge in [-0.3, -0.25) is 0 Å². The average Bonchev–Trinajstić information content (AvgIpc) is 2.89. The fraction of sp³-hybridized carbons (Fsp3) is 0.125. The largest absolute Gasteiger partial charge is 0.378 e. The minimum Gasteiger partial charge on any atom is -0.378 e. The first-order valence-corrected chi connectivity index (χ1v) is 6.48. The van der Waals surface area contributed by atoms with E-state index < -0.39 is 0 Å². The predicted molar refractivity (Wildman–Crippen MR) is 83.5 cm³/mol. The number of rotatable bonds is 3. The Morgan fingerprint density at radius 2 is 1.80 bits per heavy atom. The van der Waals surface area contributed by atoms with E-state index in [0.29, 0.717) is 0 Å². The van der Waals surface area contributed by atoms with Gasteiger partial charge in [-0.05, 0) is 29.8 Å². The molecular formula is C16H16N4. The van der Waals surface area contributed by atoms with Gasteiger partial charge in [-0.1, -0.05) is 24.3 Å². The molecule has 0 aliphatic carbocycles. The molecule has 20 heavy (non-hydrogen) atoms. The molecule has 0 fully saturated rings. The molecule has 0 atom stereocenters. The minimum atomic E-state index is 0.951. The predicted octanol–water partition coefficient (Wildman–Crippen LogP) is 2.98. The van der Waals surface area contributed by atoms with E-state index in [4.69, 9.17) is 0 Å². The zero-order valence-corrected chi connectivity index (χ0v) is 11.6. The van der Waals surface area contributed by atoms with Crippen molar-refractivity contribution in [1.82, 2.24) is 9.66 Å². The number of hydrogen-bond acceptors (Lipinski definition) is 3. The summed E-state index contributed by atoms with van der Waals surface area (Å²) in [6.45, 7) is 0. The van der Waals surface area contributed by atoms with Gasteiger partial charge >= 0.3 is 0 Å². The lowest BCUT2D eigenvalue weighted by Crippen LogP contribution is -2.08. The lowest BCUT2D eigenvalue weighted by atomic mass is 10.2. The van der Waals surface area contributed by atoms with E-state index in [9.17, 15) is 0 Å². The summed E-state index contributed by atoms with van der Waals surface area (Å²) < 4.78 is 1.79. The van der Waals surface area contributed by atoms with Gasteiger partial charge in [0.2, 0.25) is 0 Å². The monoisotopic (exact) mass is 264 g/mol. The molecule has 0 bridgehead atoms. The molecule has 0 unspecified atom stereocenters. The summed E-state index contributed by atoms with van der Waals surface area (Å²) in [7, 11) is 4.06. The Morgan fingerprint density at radius 1 is 1.05 bits per heavy atom. The molecule has 1 aromatic heterocycles. The second kappa shape index (κ2) is 5.17. The number of anilines is 1. The van der Waals surface area contributed by atoms with Crippen LogP contribution >= 0.6 is 0 Å². The Hall–Kier alpha value is -2.62. The molecule has 4 heteroatoms. The molecule has 0 N–H and O–H groups in total. The molecule has 3 aromatic rings. The Morgan fingerprint density at radius 3 is 2.55 bits per heavy atom. The van der Waals surface area contributed by atoms with Crippen molar-refractivity contribution in [3.8, 4) is 0 Å². The number of nitrogens with zero attached hydrogens (tertiary/aromatic N) is 4. The SMILES string of the molecule is CN(C)c1ccc(/C=N\n2cnc3ccccc32)cc1. The third-order valence-electron chi connectivity index (χ3n) is 3.18. The van der Waals surface area contributed by atoms with Crippen molar-refractivity contribution in [2.75, 3.05) is 19.0 Å². The number of fused-ring (bicyclic) bond motifs is 1. The summed E-state index contributed by atoms with van der Waals surface area (Å²) in [5.74, 6) is 0. The molecule has 100 valence electrons. The first-order valence-electron chi connectivity index (χ1n) is 6.48. The van der Waals surface area contributed by atoms with Crippen LogP contribution in [0, 0.1) is 0 Å². The summed E-state index contributed by atoms with van der Waals surface area (Å²) in [4.78, 5) is 6.38. The van der Waals surface area contributed by atoms with Crippen molar-refractivity contribution in [3.63, 3.8) is 0 Å². The van der Waals surface area contributed by atoms with E-state index in [1.807, 2.05) is 44.6 Å². The van der Waals surface area contributed by atoms with Crippen LogP contribution in [0.3, 0.4) is 0 Å². The summed E-state index contributed by atoms with van der Waals surface area (Å²) in [5, 5.41) is 4.45. The van der Waals surface area contributed by atoms with Gasteiger partial charge in [0.25, 0.3) is 0 Å². The van der Waals surface area contributed by atoms with Crippen molar-refractivity contribution < 1.29 is 0 Å². The summed E-state index contributed by atoms with van der Waals surface area (Å²) in [5.41, 5.74) is 4.20. The van der Waals surface area contributed by atoms with E-state index in [2.05, 4.69) is 39.3 Å². The maximum absolute atomic E-state index is 4.45. The highest BCUT2D eigenvalue weighted by Gasteiger charge is 1.99. The Kier molecular flexibility index (Phi) is 3.21. The molecule has 4 nitrogen and oxygen atoms in total. The third kappa shape index (κ3) is 2.40. The van der Waals surface area contributed by atoms with E-state index in [-0.39, 0.29) is 0 Å². The highest BCUT2D eigenvalue weighted by Crippen LogP contribution is 2.13. The van der Waals surface area contributed by atoms with Gasteiger partial charge in [-0.15, -0.1) is 0 Å². The molecular weight excluding hydrogens is 248 g/mol. The van der Waals surface area contributed by atoms with Crippen LogP contribution in [0.5, 0.6) is 0 Å². The van der Waals surface area contributed by atoms with Crippen LogP contribution in [0.25, 0.3) is 11.0 Å². The molecule has 1 heterocycles. The maximum atomic E-state index is 4.45. The second-order valence-electron chi connectivity index (χ2n) is 4.81. The normalized spacial score (nSPS) is 11.3. The average molecular weight is 264 g/mol. The van der Waals surface area contributed by atoms with Gasteiger partial charge in [0.15, 0.2) is 0 Å². The number of para-hydroxylation sites is 2. The molecule has 0 saturated heterocycles. The van der Waals surface area contributed by atoms with Crippen molar-refractivity contribution in [2.24, 2.45) is 5.10 Å². The molecule has 0 radical (unpaired) electrons. The Bertz CT molecular complexity index is 739. The van der Waals surface area contributed by atoms with E-state index in [1.165, 1.54) is 5.69 Å². The van der Waals surface area contributed by atoms with E-state index in [1.54, 1.807) is 11.0 Å². The van der Waals surface area contributed by atoms with Crippen molar-refractivity contribution >= 4 is 22.9 Å². The Labute approximate surface area is 118 Å². The zero-order chi connectivity index (χ0) is 13.9. The van der Waals surface area contributed by atoms with Gasteiger partial charge < -0.3 is 4.90 Å². The maximum Gasteiger partial charge on any atom is 0.118 e. The highest BCUT2D eigenvalue weighted by atomic mass is 15.4. The van der Waals surface area contributed by atoms with Gasteiger partial charge in [0, 0.05) is 19.8 Å². The van der Waals surface area contributed by atoms with Gasteiger partial charge in [-0.2, -0.15) is 5.10 Å². The molecule has 0 spiro atoms. The van der Waals surface area contributed by atoms with Crippen molar-refractivity contribution in [3.05, 3.63) is 60.4 Å². The van der Waals surface area contributed by atoms with Crippen molar-refractivity contribution in [1.29, 1.82) is 0 Å². The quantitative estimate of drug-likeness (QED) is 0.681. The van der Waals surface area contributed by atoms with Crippen molar-refractivity contribution in [2.45, 2.75) is 0 Å². The summed E-state index contributed by atoms with van der Waals surface area (Å²) in [6, 6.07) is 16.2. The molecule has 0 saturated carbocycles. The standard InChI is InChI=1S/C16H16N4/c1-19(2)14-9-7-13(8-10-14)11-18-20-12-17-15-5-3-4-6-16(15)20/h3-12H,1-2H3/b18-11-. The molecule has 3 rings (SSSR count). The topological polar surface area (TPSA) is 33.4 Å². The van der Waals surface area contributed by atoms with Gasteiger partial charge in [0.05, 0.1) is 17.2 Å². The van der Waals surface area contributed by atoms with Crippen LogP contribution in [0.1, 0.15) is 5.56 Å². The smallest absolute Gasteiger partial charge is 0.118 e. The lowest BCUT2D eigenvalue weighted by molar-refractivity contribution is 0.914. The summed E-state index contributed by atoms with van der Waals surface area (Å²) >= 11 is 0. The highest BCUT2D eigenvalue weighted by molar-refractivity contribution is 5.81. The summed E-state index contributed by atoms with van der Waals surface area (Å²) in [6.07, 6.45) is 3.57. The minimum absolute atomic E-state index is 0.951. The lowest BCUT2D eigenvalue weighted by Gasteiger charge is -2.11. The van der Waals surface area contributed by atoms with Crippen LogP contribution in [-0.2, 0) is 0 Å². The molecule has 0 aliphatic heterocycles. The number of hydrogen-bond donors (Lipinski definition) is 0. The molecule has 0 aliphatic rings. The second-order valence-corrected chi connectivity index (χ2v) is 4.81. The first-order chi connectivity index (χ1) is 9.74. The van der Waals surface area contributed by atoms with E-state index in [0.717, 1.165) is 16.6 Å². The first kappa shape index (κ1) is 12.4. The molecule has 0 amide bonds. The van der Waals surface area contributed by atoms with Gasteiger partial charge in [0.1, 0.15) is 6.33 Å². The van der Waals surface area contributed by atoms with Crippen LogP contribution in [0.2, 0.25) is 0 Å².